The van der Waals surface area contributed by atoms with Crippen molar-refractivity contribution in [1.29, 1.82) is 0 Å². The molecule has 2 rings (SSSR count). The van der Waals surface area contributed by atoms with Crippen molar-refractivity contribution in [3.63, 3.8) is 0 Å². The topological polar surface area (TPSA) is 47.6 Å². The molecule has 4 nitrogen and oxygen atoms in total. The molecule has 1 N–H and O–H groups in total. The molecular formula is C14H15NO3S2. The van der Waals surface area contributed by atoms with Crippen LogP contribution in [0.4, 0.5) is 5.69 Å². The number of carbonyl (C=O) groups is 1. The Labute approximate surface area is 126 Å². The summed E-state index contributed by atoms with van der Waals surface area (Å²) in [7, 11) is 3.03. The highest BCUT2D eigenvalue weighted by molar-refractivity contribution is 7.99. The summed E-state index contributed by atoms with van der Waals surface area (Å²) >= 11 is 3.01. The van der Waals surface area contributed by atoms with E-state index in [1.54, 1.807) is 18.9 Å². The van der Waals surface area contributed by atoms with Crippen LogP contribution in [0, 0.1) is 0 Å². The third-order valence-electron chi connectivity index (χ3n) is 2.57. The Morgan fingerprint density at radius 3 is 2.90 bits per heavy atom. The maximum Gasteiger partial charge on any atom is 0.348 e. The highest BCUT2D eigenvalue weighted by Gasteiger charge is 2.09. The number of ether oxygens (including phenoxy) is 2. The van der Waals surface area contributed by atoms with Gasteiger partial charge in [0.25, 0.3) is 0 Å². The molecule has 0 aliphatic carbocycles. The first-order valence-electron chi connectivity index (χ1n) is 5.91. The molecule has 0 saturated heterocycles. The Balaban J connectivity index is 1.89. The van der Waals surface area contributed by atoms with Gasteiger partial charge in [0.15, 0.2) is 0 Å². The molecule has 1 aromatic carbocycles. The third kappa shape index (κ3) is 3.68. The minimum Gasteiger partial charge on any atom is -0.495 e. The zero-order valence-electron chi connectivity index (χ0n) is 11.2. The third-order valence-corrected chi connectivity index (χ3v) is 4.49. The van der Waals surface area contributed by atoms with Gasteiger partial charge in [-0.2, -0.15) is 0 Å². The quantitative estimate of drug-likeness (QED) is 0.501. The fourth-order valence-corrected chi connectivity index (χ4v) is 3.36. The van der Waals surface area contributed by atoms with E-state index in [9.17, 15) is 4.79 Å². The summed E-state index contributed by atoms with van der Waals surface area (Å²) in [4.78, 5) is 13.0. The van der Waals surface area contributed by atoms with Crippen LogP contribution < -0.4 is 10.1 Å². The van der Waals surface area contributed by atoms with E-state index in [0.29, 0.717) is 10.8 Å². The number of thioether (sulfide) groups is 1. The van der Waals surface area contributed by atoms with E-state index in [0.717, 1.165) is 16.3 Å². The predicted molar refractivity (Wildman–Crippen MR) is 83.0 cm³/mol. The second-order valence-corrected chi connectivity index (χ2v) is 5.76. The Bertz CT molecular complexity index is 583. The average molecular weight is 309 g/mol. The van der Waals surface area contributed by atoms with E-state index in [4.69, 9.17) is 4.74 Å². The highest BCUT2D eigenvalue weighted by atomic mass is 32.2. The van der Waals surface area contributed by atoms with Gasteiger partial charge in [0.1, 0.15) is 10.6 Å². The monoisotopic (exact) mass is 309 g/mol. The number of nitrogens with one attached hydrogen (secondary N) is 1. The zero-order valence-corrected chi connectivity index (χ0v) is 12.8. The van der Waals surface area contributed by atoms with Gasteiger partial charge in [-0.25, -0.2) is 4.79 Å². The molecule has 0 spiro atoms. The van der Waals surface area contributed by atoms with Gasteiger partial charge >= 0.3 is 5.97 Å². The van der Waals surface area contributed by atoms with Crippen LogP contribution in [0.1, 0.15) is 9.67 Å². The molecule has 1 heterocycles. The molecular weight excluding hydrogens is 294 g/mol. The molecule has 1 aromatic heterocycles. The number of carbonyl (C=O) groups excluding carboxylic acids is 1. The predicted octanol–water partition coefficient (Wildman–Crippen LogP) is 3.71. The van der Waals surface area contributed by atoms with Crippen molar-refractivity contribution >= 4 is 34.8 Å². The summed E-state index contributed by atoms with van der Waals surface area (Å²) in [6.07, 6.45) is 0. The molecule has 0 saturated carbocycles. The second-order valence-electron chi connectivity index (χ2n) is 3.80. The molecule has 106 valence electrons. The number of esters is 1. The minimum atomic E-state index is -0.292. The summed E-state index contributed by atoms with van der Waals surface area (Å²) in [5.41, 5.74) is 0.950. The summed E-state index contributed by atoms with van der Waals surface area (Å²) in [6.45, 7) is 0. The Morgan fingerprint density at radius 2 is 2.15 bits per heavy atom. The van der Waals surface area contributed by atoms with Crippen molar-refractivity contribution in [2.45, 2.75) is 4.90 Å². The van der Waals surface area contributed by atoms with Crippen LogP contribution in [0.5, 0.6) is 5.75 Å². The lowest BCUT2D eigenvalue weighted by Gasteiger charge is -2.09. The SMILES string of the molecule is COC(=O)c1cc(SCNc2ccccc2OC)cs1. The largest absolute Gasteiger partial charge is 0.495 e. The molecule has 20 heavy (non-hydrogen) atoms. The first-order valence-corrected chi connectivity index (χ1v) is 7.77. The standard InChI is InChI=1S/C14H15NO3S2/c1-17-12-6-4-3-5-11(12)15-9-20-10-7-13(19-8-10)14(16)18-2/h3-8,15H,9H2,1-2H3. The maximum atomic E-state index is 11.4. The molecule has 0 radical (unpaired) electrons. The lowest BCUT2D eigenvalue weighted by Crippen LogP contribution is -1.99. The summed E-state index contributed by atoms with van der Waals surface area (Å²) < 4.78 is 9.95. The smallest absolute Gasteiger partial charge is 0.348 e. The van der Waals surface area contributed by atoms with Crippen molar-refractivity contribution in [2.75, 3.05) is 25.4 Å². The zero-order chi connectivity index (χ0) is 14.4. The van der Waals surface area contributed by atoms with Gasteiger partial charge in [0.05, 0.1) is 25.8 Å². The van der Waals surface area contributed by atoms with E-state index in [1.807, 2.05) is 35.7 Å². The van der Waals surface area contributed by atoms with Crippen LogP contribution in [0.3, 0.4) is 0 Å². The Hall–Kier alpha value is -1.66. The van der Waals surface area contributed by atoms with Gasteiger partial charge in [0, 0.05) is 10.3 Å². The number of benzene rings is 1. The summed E-state index contributed by atoms with van der Waals surface area (Å²) in [5, 5.41) is 5.24. The van der Waals surface area contributed by atoms with Gasteiger partial charge < -0.3 is 14.8 Å². The van der Waals surface area contributed by atoms with Crippen molar-refractivity contribution < 1.29 is 14.3 Å². The van der Waals surface area contributed by atoms with Crippen LogP contribution in [-0.4, -0.2) is 26.1 Å². The summed E-state index contributed by atoms with van der Waals surface area (Å²) in [5.74, 6) is 1.21. The summed E-state index contributed by atoms with van der Waals surface area (Å²) in [6, 6.07) is 9.60. The Kier molecular flexibility index (Phi) is 5.31. The minimum absolute atomic E-state index is 0.292. The number of rotatable bonds is 6. The first kappa shape index (κ1) is 14.7. The molecule has 0 amide bonds. The lowest BCUT2D eigenvalue weighted by molar-refractivity contribution is 0.0606. The normalized spacial score (nSPS) is 10.1. The Morgan fingerprint density at radius 1 is 1.35 bits per heavy atom. The number of hydrogen-bond acceptors (Lipinski definition) is 6. The highest BCUT2D eigenvalue weighted by Crippen LogP contribution is 2.28. The lowest BCUT2D eigenvalue weighted by atomic mass is 10.3. The number of methoxy groups -OCH3 is 2. The van der Waals surface area contributed by atoms with Crippen LogP contribution in [0.2, 0.25) is 0 Å². The van der Waals surface area contributed by atoms with Crippen LogP contribution in [0.15, 0.2) is 40.6 Å². The van der Waals surface area contributed by atoms with Crippen molar-refractivity contribution in [3.8, 4) is 5.75 Å². The van der Waals surface area contributed by atoms with E-state index in [2.05, 4.69) is 10.1 Å². The molecule has 0 aliphatic rings. The molecule has 0 atom stereocenters. The molecule has 0 aliphatic heterocycles. The molecule has 2 aromatic rings. The van der Waals surface area contributed by atoms with Crippen LogP contribution in [-0.2, 0) is 4.74 Å². The van der Waals surface area contributed by atoms with Gasteiger partial charge in [-0.15, -0.1) is 23.1 Å². The molecule has 0 bridgehead atoms. The van der Waals surface area contributed by atoms with Gasteiger partial charge in [0.2, 0.25) is 0 Å². The fraction of sp³-hybridized carbons (Fsp3) is 0.214. The van der Waals surface area contributed by atoms with E-state index >= 15 is 0 Å². The first-order chi connectivity index (χ1) is 9.74. The number of hydrogen-bond donors (Lipinski definition) is 1. The van der Waals surface area contributed by atoms with E-state index in [1.165, 1.54) is 18.4 Å². The van der Waals surface area contributed by atoms with E-state index in [-0.39, 0.29) is 5.97 Å². The second kappa shape index (κ2) is 7.21. The van der Waals surface area contributed by atoms with Crippen molar-refractivity contribution in [2.24, 2.45) is 0 Å². The molecule has 6 heteroatoms. The number of anilines is 1. The fourth-order valence-electron chi connectivity index (χ4n) is 1.59. The van der Waals surface area contributed by atoms with E-state index < -0.39 is 0 Å². The number of thiophene rings is 1. The number of para-hydroxylation sites is 2. The average Bonchev–Trinajstić information content (AvgIpc) is 2.96. The maximum absolute atomic E-state index is 11.4. The van der Waals surface area contributed by atoms with Gasteiger partial charge in [-0.05, 0) is 18.2 Å². The van der Waals surface area contributed by atoms with Crippen molar-refractivity contribution in [3.05, 3.63) is 40.6 Å². The van der Waals surface area contributed by atoms with Crippen LogP contribution >= 0.6 is 23.1 Å². The van der Waals surface area contributed by atoms with Crippen LogP contribution in [0.25, 0.3) is 0 Å². The molecule has 0 unspecified atom stereocenters. The van der Waals surface area contributed by atoms with Gasteiger partial charge in [-0.1, -0.05) is 12.1 Å². The van der Waals surface area contributed by atoms with Gasteiger partial charge in [-0.3, -0.25) is 0 Å². The van der Waals surface area contributed by atoms with Crippen molar-refractivity contribution in [1.82, 2.24) is 0 Å². The molecule has 0 fully saturated rings.